The zero-order valence-electron chi connectivity index (χ0n) is 7.77. The van der Waals surface area contributed by atoms with Crippen molar-refractivity contribution in [1.29, 1.82) is 0 Å². The number of hydrogen-bond acceptors (Lipinski definition) is 4. The molecular weight excluding hydrogens is 172 g/mol. The molecule has 0 bridgehead atoms. The van der Waals surface area contributed by atoms with Gasteiger partial charge in [-0.3, -0.25) is 4.79 Å². The molecule has 0 aliphatic heterocycles. The lowest BCUT2D eigenvalue weighted by molar-refractivity contribution is -0.140. The first kappa shape index (κ1) is 12.1. The van der Waals surface area contributed by atoms with Crippen LogP contribution in [0.5, 0.6) is 0 Å². The van der Waals surface area contributed by atoms with Crippen LogP contribution in [0.4, 0.5) is 0 Å². The summed E-state index contributed by atoms with van der Waals surface area (Å²) in [5.41, 5.74) is 0. The van der Waals surface area contributed by atoms with Crippen LogP contribution in [0.15, 0.2) is 12.2 Å². The predicted octanol–water partition coefficient (Wildman–Crippen LogP) is 0.239. The molecule has 0 amide bonds. The van der Waals surface area contributed by atoms with Gasteiger partial charge in [0.25, 0.3) is 0 Å². The van der Waals surface area contributed by atoms with Crippen LogP contribution < -0.4 is 0 Å². The van der Waals surface area contributed by atoms with Crippen LogP contribution in [0.3, 0.4) is 0 Å². The maximum Gasteiger partial charge on any atom is 0.305 e. The standard InChI is InChI=1S/C9H16O4/c1-13-9(12)6-2-4-8(11)5-3-7-10/h3,5,8,10-11H,2,4,6-7H2,1H3/b5-3-. The summed E-state index contributed by atoms with van der Waals surface area (Å²) in [6.45, 7) is -0.0753. The number of aliphatic hydroxyl groups is 2. The van der Waals surface area contributed by atoms with Gasteiger partial charge in [-0.15, -0.1) is 0 Å². The third-order valence-electron chi connectivity index (χ3n) is 1.57. The zero-order chi connectivity index (χ0) is 10.1. The number of aliphatic hydroxyl groups excluding tert-OH is 2. The van der Waals surface area contributed by atoms with Gasteiger partial charge < -0.3 is 14.9 Å². The Balaban J connectivity index is 3.41. The maximum absolute atomic E-state index is 10.6. The Kier molecular flexibility index (Phi) is 7.24. The van der Waals surface area contributed by atoms with E-state index >= 15 is 0 Å². The van der Waals surface area contributed by atoms with E-state index in [0.29, 0.717) is 19.3 Å². The molecule has 0 heterocycles. The molecule has 1 atom stereocenters. The van der Waals surface area contributed by atoms with Crippen molar-refractivity contribution in [3.63, 3.8) is 0 Å². The van der Waals surface area contributed by atoms with Crippen molar-refractivity contribution in [2.45, 2.75) is 25.4 Å². The lowest BCUT2D eigenvalue weighted by Crippen LogP contribution is -2.05. The summed E-state index contributed by atoms with van der Waals surface area (Å²) in [6, 6.07) is 0. The molecule has 0 aromatic carbocycles. The van der Waals surface area contributed by atoms with E-state index in [1.807, 2.05) is 0 Å². The van der Waals surface area contributed by atoms with Crippen LogP contribution in [0.2, 0.25) is 0 Å². The molecule has 0 rings (SSSR count). The number of esters is 1. The Bertz CT molecular complexity index is 165. The highest BCUT2D eigenvalue weighted by atomic mass is 16.5. The molecule has 0 aromatic heterocycles. The van der Waals surface area contributed by atoms with Crippen molar-refractivity contribution in [3.05, 3.63) is 12.2 Å². The molecule has 0 spiro atoms. The summed E-state index contributed by atoms with van der Waals surface area (Å²) < 4.78 is 4.43. The van der Waals surface area contributed by atoms with Gasteiger partial charge in [0.15, 0.2) is 0 Å². The van der Waals surface area contributed by atoms with Crippen LogP contribution >= 0.6 is 0 Å². The van der Waals surface area contributed by atoms with E-state index in [2.05, 4.69) is 4.74 Å². The minimum atomic E-state index is -0.586. The Morgan fingerprint density at radius 1 is 1.62 bits per heavy atom. The third-order valence-corrected chi connectivity index (χ3v) is 1.57. The summed E-state index contributed by atoms with van der Waals surface area (Å²) in [7, 11) is 1.34. The van der Waals surface area contributed by atoms with E-state index < -0.39 is 6.10 Å². The van der Waals surface area contributed by atoms with Crippen molar-refractivity contribution in [2.75, 3.05) is 13.7 Å². The van der Waals surface area contributed by atoms with Crippen LogP contribution in [0, 0.1) is 0 Å². The minimum absolute atomic E-state index is 0.0753. The second kappa shape index (κ2) is 7.76. The van der Waals surface area contributed by atoms with Crippen LogP contribution in [0.1, 0.15) is 19.3 Å². The number of ether oxygens (including phenoxy) is 1. The van der Waals surface area contributed by atoms with Crippen molar-refractivity contribution in [1.82, 2.24) is 0 Å². The molecule has 13 heavy (non-hydrogen) atoms. The molecule has 0 fully saturated rings. The summed E-state index contributed by atoms with van der Waals surface area (Å²) in [5.74, 6) is -0.265. The summed E-state index contributed by atoms with van der Waals surface area (Å²) in [4.78, 5) is 10.6. The molecule has 0 aliphatic carbocycles. The summed E-state index contributed by atoms with van der Waals surface area (Å²) in [6.07, 6.45) is 3.81. The van der Waals surface area contributed by atoms with Gasteiger partial charge in [-0.05, 0) is 12.8 Å². The number of hydrogen-bond donors (Lipinski definition) is 2. The lowest BCUT2D eigenvalue weighted by atomic mass is 10.1. The van der Waals surface area contributed by atoms with Crippen LogP contribution in [-0.2, 0) is 9.53 Å². The number of methoxy groups -OCH3 is 1. The van der Waals surface area contributed by atoms with Gasteiger partial charge in [0.1, 0.15) is 0 Å². The van der Waals surface area contributed by atoms with E-state index in [9.17, 15) is 9.90 Å². The SMILES string of the molecule is COC(=O)CCCC(O)/C=C\CO. The molecule has 4 heteroatoms. The molecule has 0 aromatic rings. The minimum Gasteiger partial charge on any atom is -0.469 e. The Morgan fingerprint density at radius 3 is 2.85 bits per heavy atom. The first-order valence-corrected chi connectivity index (χ1v) is 4.23. The van der Waals surface area contributed by atoms with Gasteiger partial charge in [0.05, 0.1) is 19.8 Å². The van der Waals surface area contributed by atoms with Gasteiger partial charge in [0.2, 0.25) is 0 Å². The van der Waals surface area contributed by atoms with E-state index in [1.54, 1.807) is 0 Å². The van der Waals surface area contributed by atoms with Crippen molar-refractivity contribution in [3.8, 4) is 0 Å². The quantitative estimate of drug-likeness (QED) is 0.463. The second-order valence-electron chi connectivity index (χ2n) is 2.65. The fourth-order valence-corrected chi connectivity index (χ4v) is 0.872. The molecule has 76 valence electrons. The van der Waals surface area contributed by atoms with Gasteiger partial charge >= 0.3 is 5.97 Å². The average molecular weight is 188 g/mol. The van der Waals surface area contributed by atoms with Crippen molar-refractivity contribution in [2.24, 2.45) is 0 Å². The van der Waals surface area contributed by atoms with E-state index in [4.69, 9.17) is 5.11 Å². The molecular formula is C9H16O4. The van der Waals surface area contributed by atoms with Gasteiger partial charge in [-0.25, -0.2) is 0 Å². The van der Waals surface area contributed by atoms with Crippen LogP contribution in [0.25, 0.3) is 0 Å². The fourth-order valence-electron chi connectivity index (χ4n) is 0.872. The highest BCUT2D eigenvalue weighted by molar-refractivity contribution is 5.68. The second-order valence-corrected chi connectivity index (χ2v) is 2.65. The highest BCUT2D eigenvalue weighted by Gasteiger charge is 2.02. The zero-order valence-corrected chi connectivity index (χ0v) is 7.77. The van der Waals surface area contributed by atoms with Gasteiger partial charge in [-0.2, -0.15) is 0 Å². The molecule has 0 saturated heterocycles. The normalized spacial score (nSPS) is 13.2. The summed E-state index contributed by atoms with van der Waals surface area (Å²) >= 11 is 0. The lowest BCUT2D eigenvalue weighted by Gasteiger charge is -2.03. The van der Waals surface area contributed by atoms with Crippen LogP contribution in [-0.4, -0.2) is 36.0 Å². The van der Waals surface area contributed by atoms with E-state index in [0.717, 1.165) is 0 Å². The molecule has 0 saturated carbocycles. The largest absolute Gasteiger partial charge is 0.469 e. The molecule has 0 radical (unpaired) electrons. The topological polar surface area (TPSA) is 66.8 Å². The van der Waals surface area contributed by atoms with Crippen molar-refractivity contribution < 1.29 is 19.7 Å². The average Bonchev–Trinajstić information content (AvgIpc) is 2.14. The monoisotopic (exact) mass is 188 g/mol. The van der Waals surface area contributed by atoms with Gasteiger partial charge in [-0.1, -0.05) is 12.2 Å². The molecule has 4 nitrogen and oxygen atoms in total. The predicted molar refractivity (Wildman–Crippen MR) is 48.1 cm³/mol. The summed E-state index contributed by atoms with van der Waals surface area (Å²) in [5, 5.41) is 17.6. The first-order chi connectivity index (χ1) is 6.20. The van der Waals surface area contributed by atoms with Gasteiger partial charge in [0, 0.05) is 6.42 Å². The molecule has 1 unspecified atom stereocenters. The highest BCUT2D eigenvalue weighted by Crippen LogP contribution is 2.02. The number of rotatable bonds is 6. The van der Waals surface area contributed by atoms with E-state index in [1.165, 1.54) is 19.3 Å². The Labute approximate surface area is 77.8 Å². The number of carbonyl (C=O) groups excluding carboxylic acids is 1. The van der Waals surface area contributed by atoms with Crippen molar-refractivity contribution >= 4 is 5.97 Å². The number of carbonyl (C=O) groups is 1. The Morgan fingerprint density at radius 2 is 2.31 bits per heavy atom. The first-order valence-electron chi connectivity index (χ1n) is 4.23. The molecule has 0 aliphatic rings. The third kappa shape index (κ3) is 7.49. The maximum atomic E-state index is 10.6. The Hall–Kier alpha value is -0.870. The fraction of sp³-hybridized carbons (Fsp3) is 0.667. The van der Waals surface area contributed by atoms with E-state index in [-0.39, 0.29) is 12.6 Å². The smallest absolute Gasteiger partial charge is 0.305 e. The molecule has 2 N–H and O–H groups in total.